The molecule has 1 unspecified atom stereocenters. The molecular weight excluding hydrogens is 246 g/mol. The van der Waals surface area contributed by atoms with Gasteiger partial charge in [-0.05, 0) is 55.3 Å². The Balaban J connectivity index is 1.82. The van der Waals surface area contributed by atoms with Crippen LogP contribution < -0.4 is 5.32 Å². The monoisotopic (exact) mass is 267 g/mol. The lowest BCUT2D eigenvalue weighted by Gasteiger charge is -2.17. The second kappa shape index (κ2) is 7.13. The van der Waals surface area contributed by atoms with Gasteiger partial charge in [0.15, 0.2) is 0 Å². The van der Waals surface area contributed by atoms with E-state index in [0.717, 1.165) is 43.0 Å². The van der Waals surface area contributed by atoms with Gasteiger partial charge in [0, 0.05) is 18.7 Å². The fourth-order valence-corrected chi connectivity index (χ4v) is 2.61. The number of hydrogen-bond donors (Lipinski definition) is 1. The quantitative estimate of drug-likeness (QED) is 0.731. The predicted molar refractivity (Wildman–Crippen MR) is 76.1 cm³/mol. The van der Waals surface area contributed by atoms with Crippen LogP contribution in [-0.2, 0) is 11.2 Å². The molecule has 0 aromatic heterocycles. The van der Waals surface area contributed by atoms with Crippen LogP contribution >= 0.6 is 11.6 Å². The molecule has 0 bridgehead atoms. The van der Waals surface area contributed by atoms with Crippen LogP contribution in [0, 0.1) is 11.8 Å². The van der Waals surface area contributed by atoms with E-state index in [1.54, 1.807) is 7.11 Å². The Bertz CT molecular complexity index is 365. The molecule has 0 saturated heterocycles. The molecule has 0 aliphatic heterocycles. The van der Waals surface area contributed by atoms with E-state index in [4.69, 9.17) is 16.3 Å². The van der Waals surface area contributed by atoms with Crippen LogP contribution in [0.5, 0.6) is 0 Å². The van der Waals surface area contributed by atoms with Crippen molar-refractivity contribution in [1.29, 1.82) is 0 Å². The zero-order chi connectivity index (χ0) is 12.8. The maximum atomic E-state index is 6.04. The standard InChI is InChI=1S/C15H22ClNO/c1-18-8-7-17-11-14(13-5-6-13)9-12-3-2-4-15(16)10-12/h2-4,10,13-14,17H,5-9,11H2,1H3. The molecule has 1 aromatic carbocycles. The highest BCUT2D eigenvalue weighted by Crippen LogP contribution is 2.38. The van der Waals surface area contributed by atoms with Crippen LogP contribution in [0.15, 0.2) is 24.3 Å². The molecule has 3 heteroatoms. The number of nitrogens with one attached hydrogen (secondary N) is 1. The van der Waals surface area contributed by atoms with Crippen LogP contribution in [-0.4, -0.2) is 26.8 Å². The Morgan fingerprint density at radius 1 is 1.44 bits per heavy atom. The minimum Gasteiger partial charge on any atom is -0.383 e. The second-order valence-electron chi connectivity index (χ2n) is 5.13. The number of hydrogen-bond acceptors (Lipinski definition) is 2. The van der Waals surface area contributed by atoms with Crippen molar-refractivity contribution < 1.29 is 4.74 Å². The van der Waals surface area contributed by atoms with E-state index in [0.29, 0.717) is 0 Å². The summed E-state index contributed by atoms with van der Waals surface area (Å²) in [5.41, 5.74) is 1.35. The van der Waals surface area contributed by atoms with Crippen molar-refractivity contribution in [1.82, 2.24) is 5.32 Å². The van der Waals surface area contributed by atoms with Crippen LogP contribution in [0.25, 0.3) is 0 Å². The van der Waals surface area contributed by atoms with Crippen molar-refractivity contribution in [3.05, 3.63) is 34.9 Å². The maximum absolute atomic E-state index is 6.04. The molecule has 2 nitrogen and oxygen atoms in total. The van der Waals surface area contributed by atoms with Crippen molar-refractivity contribution in [3.63, 3.8) is 0 Å². The molecule has 100 valence electrons. The summed E-state index contributed by atoms with van der Waals surface area (Å²) in [4.78, 5) is 0. The van der Waals surface area contributed by atoms with Crippen LogP contribution in [0.4, 0.5) is 0 Å². The van der Waals surface area contributed by atoms with E-state index < -0.39 is 0 Å². The minimum absolute atomic E-state index is 0.736. The number of benzene rings is 1. The zero-order valence-corrected chi connectivity index (χ0v) is 11.7. The van der Waals surface area contributed by atoms with Gasteiger partial charge >= 0.3 is 0 Å². The molecule has 1 aliphatic carbocycles. The maximum Gasteiger partial charge on any atom is 0.0587 e. The van der Waals surface area contributed by atoms with E-state index in [1.807, 2.05) is 12.1 Å². The van der Waals surface area contributed by atoms with Crippen molar-refractivity contribution in [2.45, 2.75) is 19.3 Å². The third-order valence-electron chi connectivity index (χ3n) is 3.57. The van der Waals surface area contributed by atoms with E-state index in [2.05, 4.69) is 17.4 Å². The van der Waals surface area contributed by atoms with Gasteiger partial charge in [-0.25, -0.2) is 0 Å². The van der Waals surface area contributed by atoms with Gasteiger partial charge in [-0.2, -0.15) is 0 Å². The Kier molecular flexibility index (Phi) is 5.48. The number of rotatable bonds is 8. The summed E-state index contributed by atoms with van der Waals surface area (Å²) in [7, 11) is 1.74. The van der Waals surface area contributed by atoms with Crippen molar-refractivity contribution >= 4 is 11.6 Å². The van der Waals surface area contributed by atoms with Gasteiger partial charge in [0.05, 0.1) is 6.61 Å². The Morgan fingerprint density at radius 3 is 2.94 bits per heavy atom. The number of methoxy groups -OCH3 is 1. The normalized spacial score (nSPS) is 16.8. The number of halogens is 1. The molecule has 0 heterocycles. The second-order valence-corrected chi connectivity index (χ2v) is 5.56. The lowest BCUT2D eigenvalue weighted by Crippen LogP contribution is -2.28. The lowest BCUT2D eigenvalue weighted by molar-refractivity contribution is 0.197. The summed E-state index contributed by atoms with van der Waals surface area (Å²) in [5, 5.41) is 4.33. The predicted octanol–water partition coefficient (Wildman–Crippen LogP) is 3.14. The minimum atomic E-state index is 0.736. The van der Waals surface area contributed by atoms with Gasteiger partial charge in [0.2, 0.25) is 0 Å². The summed E-state index contributed by atoms with van der Waals surface area (Å²) >= 11 is 6.04. The molecule has 1 aromatic rings. The summed E-state index contributed by atoms with van der Waals surface area (Å²) < 4.78 is 5.05. The topological polar surface area (TPSA) is 21.3 Å². The molecule has 1 N–H and O–H groups in total. The van der Waals surface area contributed by atoms with E-state index in [9.17, 15) is 0 Å². The summed E-state index contributed by atoms with van der Waals surface area (Å²) in [6.07, 6.45) is 3.90. The Hall–Kier alpha value is -0.570. The first kappa shape index (κ1) is 13.9. The molecule has 1 aliphatic rings. The molecular formula is C15H22ClNO. The first-order valence-electron chi connectivity index (χ1n) is 6.73. The average Bonchev–Trinajstić information content (AvgIpc) is 3.17. The van der Waals surface area contributed by atoms with Gasteiger partial charge in [0.25, 0.3) is 0 Å². The van der Waals surface area contributed by atoms with Gasteiger partial charge in [-0.1, -0.05) is 23.7 Å². The first-order valence-corrected chi connectivity index (χ1v) is 7.11. The molecule has 1 atom stereocenters. The zero-order valence-electron chi connectivity index (χ0n) is 11.0. The molecule has 0 radical (unpaired) electrons. The van der Waals surface area contributed by atoms with Crippen LogP contribution in [0.1, 0.15) is 18.4 Å². The van der Waals surface area contributed by atoms with Crippen LogP contribution in [0.3, 0.4) is 0 Å². The highest BCUT2D eigenvalue weighted by Gasteiger charge is 2.30. The van der Waals surface area contributed by atoms with Gasteiger partial charge in [-0.3, -0.25) is 0 Å². The molecule has 0 spiro atoms. The van der Waals surface area contributed by atoms with Gasteiger partial charge in [-0.15, -0.1) is 0 Å². The molecule has 0 amide bonds. The molecule has 1 saturated carbocycles. The van der Waals surface area contributed by atoms with Gasteiger partial charge < -0.3 is 10.1 Å². The van der Waals surface area contributed by atoms with Gasteiger partial charge in [0.1, 0.15) is 0 Å². The molecule has 1 fully saturated rings. The third kappa shape index (κ3) is 4.60. The van der Waals surface area contributed by atoms with Crippen molar-refractivity contribution in [3.8, 4) is 0 Å². The SMILES string of the molecule is COCCNCC(Cc1cccc(Cl)c1)C1CC1. The Morgan fingerprint density at radius 2 is 2.28 bits per heavy atom. The highest BCUT2D eigenvalue weighted by atomic mass is 35.5. The van der Waals surface area contributed by atoms with E-state index in [-0.39, 0.29) is 0 Å². The fraction of sp³-hybridized carbons (Fsp3) is 0.600. The smallest absolute Gasteiger partial charge is 0.0587 e. The number of ether oxygens (including phenoxy) is 1. The van der Waals surface area contributed by atoms with Crippen LogP contribution in [0.2, 0.25) is 5.02 Å². The van der Waals surface area contributed by atoms with E-state index in [1.165, 1.54) is 18.4 Å². The van der Waals surface area contributed by atoms with Crippen molar-refractivity contribution in [2.75, 3.05) is 26.8 Å². The summed E-state index contributed by atoms with van der Waals surface area (Å²) in [6.45, 7) is 2.81. The highest BCUT2D eigenvalue weighted by molar-refractivity contribution is 6.30. The van der Waals surface area contributed by atoms with Crippen molar-refractivity contribution in [2.24, 2.45) is 11.8 Å². The fourth-order valence-electron chi connectivity index (χ4n) is 2.40. The third-order valence-corrected chi connectivity index (χ3v) is 3.80. The summed E-state index contributed by atoms with van der Waals surface area (Å²) in [5.74, 6) is 1.64. The molecule has 18 heavy (non-hydrogen) atoms. The largest absolute Gasteiger partial charge is 0.383 e. The molecule has 2 rings (SSSR count). The lowest BCUT2D eigenvalue weighted by atomic mass is 9.94. The summed E-state index contributed by atoms with van der Waals surface area (Å²) in [6, 6.07) is 8.25. The first-order chi connectivity index (χ1) is 8.79. The Labute approximate surface area is 115 Å². The van der Waals surface area contributed by atoms with E-state index >= 15 is 0 Å². The average molecular weight is 268 g/mol.